The Hall–Kier alpha value is -3.16. The van der Waals surface area contributed by atoms with Crippen molar-refractivity contribution in [3.8, 4) is 0 Å². The SMILES string of the molecule is CC(=O)Nc1ccccc1Sc1ccc2c3c(cccc13)C(=O)N(CCO)C2=O. The number of nitrogens with one attached hydrogen (secondary N) is 1. The molecule has 2 N–H and O–H groups in total. The van der Waals surface area contributed by atoms with Crippen LogP contribution in [-0.4, -0.2) is 40.9 Å². The van der Waals surface area contributed by atoms with Gasteiger partial charge in [-0.1, -0.05) is 36.0 Å². The van der Waals surface area contributed by atoms with Crippen LogP contribution in [0.3, 0.4) is 0 Å². The molecule has 0 bridgehead atoms. The van der Waals surface area contributed by atoms with Crippen molar-refractivity contribution in [1.29, 1.82) is 0 Å². The topological polar surface area (TPSA) is 86.7 Å². The lowest BCUT2D eigenvalue weighted by molar-refractivity contribution is -0.114. The molecule has 0 saturated carbocycles. The predicted octanol–water partition coefficient (Wildman–Crippen LogP) is 3.54. The molecule has 3 aromatic rings. The van der Waals surface area contributed by atoms with Crippen molar-refractivity contribution in [3.63, 3.8) is 0 Å². The Morgan fingerprint density at radius 2 is 1.69 bits per heavy atom. The molecule has 3 amide bonds. The normalized spacial score (nSPS) is 13.1. The summed E-state index contributed by atoms with van der Waals surface area (Å²) in [6.07, 6.45) is 0. The molecule has 7 heteroatoms. The maximum Gasteiger partial charge on any atom is 0.261 e. The average Bonchev–Trinajstić information content (AvgIpc) is 2.71. The summed E-state index contributed by atoms with van der Waals surface area (Å²) in [4.78, 5) is 39.9. The number of hydrogen-bond acceptors (Lipinski definition) is 5. The fourth-order valence-electron chi connectivity index (χ4n) is 3.48. The molecule has 0 spiro atoms. The van der Waals surface area contributed by atoms with E-state index in [0.717, 1.165) is 20.1 Å². The first kappa shape index (κ1) is 19.2. The van der Waals surface area contributed by atoms with Gasteiger partial charge in [0.1, 0.15) is 0 Å². The van der Waals surface area contributed by atoms with E-state index in [9.17, 15) is 19.5 Å². The van der Waals surface area contributed by atoms with Gasteiger partial charge in [-0.05, 0) is 35.7 Å². The second-order valence-corrected chi connectivity index (χ2v) is 7.69. The lowest BCUT2D eigenvalue weighted by atomic mass is 9.94. The van der Waals surface area contributed by atoms with E-state index in [-0.39, 0.29) is 19.1 Å². The van der Waals surface area contributed by atoms with Crippen molar-refractivity contribution in [3.05, 3.63) is 65.7 Å². The molecule has 0 saturated heterocycles. The molecule has 0 atom stereocenters. The molecule has 1 aliphatic heterocycles. The van der Waals surface area contributed by atoms with Crippen LogP contribution in [0.15, 0.2) is 64.4 Å². The second kappa shape index (κ2) is 7.69. The molecule has 6 nitrogen and oxygen atoms in total. The largest absolute Gasteiger partial charge is 0.395 e. The Morgan fingerprint density at radius 3 is 2.41 bits per heavy atom. The molecule has 0 aliphatic carbocycles. The predicted molar refractivity (Wildman–Crippen MR) is 111 cm³/mol. The van der Waals surface area contributed by atoms with Crippen LogP contribution in [0.1, 0.15) is 27.6 Å². The van der Waals surface area contributed by atoms with Crippen LogP contribution in [0, 0.1) is 0 Å². The summed E-state index contributed by atoms with van der Waals surface area (Å²) in [7, 11) is 0. The minimum atomic E-state index is -0.400. The van der Waals surface area contributed by atoms with Gasteiger partial charge in [0.2, 0.25) is 5.91 Å². The highest BCUT2D eigenvalue weighted by molar-refractivity contribution is 7.99. The van der Waals surface area contributed by atoms with E-state index in [2.05, 4.69) is 5.32 Å². The molecular formula is C22H18N2O4S. The van der Waals surface area contributed by atoms with Crippen LogP contribution >= 0.6 is 11.8 Å². The fraction of sp³-hybridized carbons (Fsp3) is 0.136. The van der Waals surface area contributed by atoms with E-state index in [1.807, 2.05) is 36.4 Å². The van der Waals surface area contributed by atoms with Crippen molar-refractivity contribution < 1.29 is 19.5 Å². The average molecular weight is 406 g/mol. The summed E-state index contributed by atoms with van der Waals surface area (Å²) in [6.45, 7) is 1.14. The summed E-state index contributed by atoms with van der Waals surface area (Å²) < 4.78 is 0. The van der Waals surface area contributed by atoms with Gasteiger partial charge >= 0.3 is 0 Å². The molecule has 0 aromatic heterocycles. The number of rotatable bonds is 5. The lowest BCUT2D eigenvalue weighted by Gasteiger charge is -2.27. The van der Waals surface area contributed by atoms with Gasteiger partial charge in [0.15, 0.2) is 0 Å². The smallest absolute Gasteiger partial charge is 0.261 e. The van der Waals surface area contributed by atoms with Gasteiger partial charge in [-0.25, -0.2) is 0 Å². The number of carbonyl (C=O) groups excluding carboxylic acids is 3. The molecule has 29 heavy (non-hydrogen) atoms. The minimum absolute atomic E-state index is 0.0336. The highest BCUT2D eigenvalue weighted by Gasteiger charge is 2.32. The first-order valence-corrected chi connectivity index (χ1v) is 9.90. The fourth-order valence-corrected chi connectivity index (χ4v) is 4.51. The highest BCUT2D eigenvalue weighted by Crippen LogP contribution is 2.40. The summed E-state index contributed by atoms with van der Waals surface area (Å²) >= 11 is 1.46. The first-order valence-electron chi connectivity index (χ1n) is 9.08. The van der Waals surface area contributed by atoms with Gasteiger partial charge < -0.3 is 10.4 Å². The summed E-state index contributed by atoms with van der Waals surface area (Å²) in [6, 6.07) is 16.4. The second-order valence-electron chi connectivity index (χ2n) is 6.60. The molecule has 146 valence electrons. The Morgan fingerprint density at radius 1 is 0.966 bits per heavy atom. The van der Waals surface area contributed by atoms with Gasteiger partial charge in [0.05, 0.1) is 18.8 Å². The van der Waals surface area contributed by atoms with E-state index < -0.39 is 11.8 Å². The third kappa shape index (κ3) is 3.39. The number of anilines is 1. The Labute approximate surface area is 171 Å². The minimum Gasteiger partial charge on any atom is -0.395 e. The van der Waals surface area contributed by atoms with Crippen LogP contribution in [0.2, 0.25) is 0 Å². The lowest BCUT2D eigenvalue weighted by Crippen LogP contribution is -2.41. The standard InChI is InChI=1S/C22H18N2O4S/c1-13(26)23-17-7-2-3-8-19(17)29-18-10-9-16-20-14(18)5-4-6-15(20)21(27)24(11-12-25)22(16)28/h2-10,25H,11-12H2,1H3,(H,23,26). The van der Waals surface area contributed by atoms with Crippen LogP contribution in [0.5, 0.6) is 0 Å². The number of β-amino-alcohol motifs (C(OH)–C–C–N with tert-alkyl or cyclic N) is 1. The summed E-state index contributed by atoms with van der Waals surface area (Å²) in [5.74, 6) is -0.957. The molecule has 4 rings (SSSR count). The molecule has 0 fully saturated rings. The number of para-hydroxylation sites is 1. The van der Waals surface area contributed by atoms with Crippen LogP contribution in [0.25, 0.3) is 10.8 Å². The van der Waals surface area contributed by atoms with E-state index in [1.54, 1.807) is 18.2 Å². The van der Waals surface area contributed by atoms with Crippen molar-refractivity contribution >= 4 is 45.9 Å². The van der Waals surface area contributed by atoms with Crippen molar-refractivity contribution in [2.24, 2.45) is 0 Å². The Balaban J connectivity index is 1.83. The van der Waals surface area contributed by atoms with E-state index in [4.69, 9.17) is 0 Å². The van der Waals surface area contributed by atoms with Crippen LogP contribution < -0.4 is 5.32 Å². The summed E-state index contributed by atoms with van der Waals surface area (Å²) in [5, 5.41) is 13.5. The highest BCUT2D eigenvalue weighted by atomic mass is 32.2. The number of aliphatic hydroxyl groups excluding tert-OH is 1. The molecule has 3 aromatic carbocycles. The van der Waals surface area contributed by atoms with Gasteiger partial charge in [-0.15, -0.1) is 0 Å². The number of aliphatic hydroxyl groups is 1. The maximum atomic E-state index is 12.8. The van der Waals surface area contributed by atoms with Crippen LogP contribution in [0.4, 0.5) is 5.69 Å². The number of carbonyl (C=O) groups is 3. The Kier molecular flexibility index (Phi) is 5.08. The van der Waals surface area contributed by atoms with Crippen LogP contribution in [-0.2, 0) is 4.79 Å². The zero-order valence-corrected chi connectivity index (χ0v) is 16.5. The third-order valence-electron chi connectivity index (χ3n) is 4.69. The third-order valence-corrected chi connectivity index (χ3v) is 5.84. The summed E-state index contributed by atoms with van der Waals surface area (Å²) in [5.41, 5.74) is 1.60. The molecule has 0 unspecified atom stereocenters. The zero-order valence-electron chi connectivity index (χ0n) is 15.6. The molecule has 0 radical (unpaired) electrons. The van der Waals surface area contributed by atoms with E-state index in [1.165, 1.54) is 18.7 Å². The van der Waals surface area contributed by atoms with Gasteiger partial charge in [-0.2, -0.15) is 0 Å². The first-order chi connectivity index (χ1) is 14.0. The number of nitrogens with zero attached hydrogens (tertiary/aromatic N) is 1. The van der Waals surface area contributed by atoms with E-state index >= 15 is 0 Å². The van der Waals surface area contributed by atoms with Crippen molar-refractivity contribution in [2.45, 2.75) is 16.7 Å². The molecule has 1 heterocycles. The zero-order chi connectivity index (χ0) is 20.5. The number of benzene rings is 3. The number of imide groups is 1. The number of amides is 3. The molecule has 1 aliphatic rings. The Bertz CT molecular complexity index is 1140. The van der Waals surface area contributed by atoms with Crippen molar-refractivity contribution in [2.75, 3.05) is 18.5 Å². The maximum absolute atomic E-state index is 12.8. The van der Waals surface area contributed by atoms with Gasteiger partial charge in [0.25, 0.3) is 11.8 Å². The monoisotopic (exact) mass is 406 g/mol. The number of hydrogen-bond donors (Lipinski definition) is 2. The van der Waals surface area contributed by atoms with E-state index in [0.29, 0.717) is 22.2 Å². The quantitative estimate of drug-likeness (QED) is 0.633. The van der Waals surface area contributed by atoms with Crippen molar-refractivity contribution in [1.82, 2.24) is 4.90 Å². The van der Waals surface area contributed by atoms with Gasteiger partial charge in [-0.3, -0.25) is 19.3 Å². The molecular weight excluding hydrogens is 388 g/mol. The van der Waals surface area contributed by atoms with Gasteiger partial charge in [0, 0.05) is 33.2 Å².